The van der Waals surface area contributed by atoms with Gasteiger partial charge in [0.05, 0.1) is 5.92 Å². The van der Waals surface area contributed by atoms with Crippen LogP contribution in [0.1, 0.15) is 37.2 Å². The fourth-order valence-corrected chi connectivity index (χ4v) is 2.98. The molecule has 0 aliphatic heterocycles. The van der Waals surface area contributed by atoms with Gasteiger partial charge in [0.1, 0.15) is 18.1 Å². The molecule has 0 amide bonds. The molecule has 0 saturated heterocycles. The molecule has 0 atom stereocenters. The van der Waals surface area contributed by atoms with E-state index in [1.54, 1.807) is 0 Å². The summed E-state index contributed by atoms with van der Waals surface area (Å²) in [5.41, 5.74) is 0.485. The second-order valence-electron chi connectivity index (χ2n) is 5.84. The number of aliphatic carboxylic acids is 1. The second kappa shape index (κ2) is 7.88. The van der Waals surface area contributed by atoms with Crippen LogP contribution in [-0.2, 0) is 4.79 Å². The Kier molecular flexibility index (Phi) is 6.07. The number of ether oxygens (including phenoxy) is 2. The van der Waals surface area contributed by atoms with E-state index in [2.05, 4.69) is 4.74 Å². The van der Waals surface area contributed by atoms with Crippen LogP contribution in [-0.4, -0.2) is 30.5 Å². The third kappa shape index (κ3) is 5.75. The maximum absolute atomic E-state index is 12.4. The smallest absolute Gasteiger partial charge is 0.487 e. The van der Waals surface area contributed by atoms with Crippen LogP contribution in [0.3, 0.4) is 0 Å². The zero-order valence-electron chi connectivity index (χ0n) is 13.1. The highest BCUT2D eigenvalue weighted by Gasteiger charge is 2.32. The van der Waals surface area contributed by atoms with Gasteiger partial charge in [-0.1, -0.05) is 6.07 Å². The van der Waals surface area contributed by atoms with E-state index in [0.717, 1.165) is 12.1 Å². The molecule has 0 aromatic heterocycles. The molecule has 1 N–H and O–H groups in total. The lowest BCUT2D eigenvalue weighted by atomic mass is 9.78. The van der Waals surface area contributed by atoms with Crippen LogP contribution >= 0.6 is 0 Å². The molecular weight excluding hydrogens is 351 g/mol. The van der Waals surface area contributed by atoms with E-state index in [1.165, 1.54) is 6.07 Å². The molecule has 9 heteroatoms. The molecule has 0 unspecified atom stereocenters. The highest BCUT2D eigenvalue weighted by atomic mass is 19.4. The van der Waals surface area contributed by atoms with Gasteiger partial charge in [-0.3, -0.25) is 4.79 Å². The monoisotopic (exact) mass is 368 g/mol. The molecule has 25 heavy (non-hydrogen) atoms. The summed E-state index contributed by atoms with van der Waals surface area (Å²) in [5, 5.41) is 9.01. The summed E-state index contributed by atoms with van der Waals surface area (Å²) in [6, 6.07) is 3.39. The molecule has 0 bridgehead atoms. The van der Waals surface area contributed by atoms with Crippen molar-refractivity contribution in [3.05, 3.63) is 23.8 Å². The van der Waals surface area contributed by atoms with Crippen LogP contribution in [0.15, 0.2) is 18.2 Å². The van der Waals surface area contributed by atoms with Gasteiger partial charge < -0.3 is 14.6 Å². The van der Waals surface area contributed by atoms with E-state index < -0.39 is 37.0 Å². The molecule has 1 aliphatic rings. The van der Waals surface area contributed by atoms with Crippen molar-refractivity contribution in [2.24, 2.45) is 5.92 Å². The average molecular weight is 368 g/mol. The van der Waals surface area contributed by atoms with Gasteiger partial charge >= 0.3 is 12.3 Å². The van der Waals surface area contributed by atoms with Gasteiger partial charge in [-0.05, 0) is 43.2 Å². The third-order valence-corrected chi connectivity index (χ3v) is 4.10. The Balaban J connectivity index is 2.19. The standard InChI is InChI=1S/C16H17F5O4/c17-14(18)8-24-13-7-11(25-16(19,20)21)5-6-12(13)9-1-3-10(4-2-9)15(22)23/h5-7,9-10,14H,1-4,8H2,(H,22,23). The molecule has 140 valence electrons. The molecule has 0 radical (unpaired) electrons. The van der Waals surface area contributed by atoms with E-state index in [9.17, 15) is 26.7 Å². The third-order valence-electron chi connectivity index (χ3n) is 4.10. The van der Waals surface area contributed by atoms with Crippen LogP contribution in [0.2, 0.25) is 0 Å². The number of alkyl halides is 5. The molecule has 1 aromatic carbocycles. The van der Waals surface area contributed by atoms with Gasteiger partial charge in [-0.2, -0.15) is 0 Å². The van der Waals surface area contributed by atoms with Gasteiger partial charge in [0, 0.05) is 6.07 Å². The molecule has 4 nitrogen and oxygen atoms in total. The summed E-state index contributed by atoms with van der Waals surface area (Å²) < 4.78 is 70.5. The predicted octanol–water partition coefficient (Wildman–Crippen LogP) is 4.59. The first-order chi connectivity index (χ1) is 11.7. The van der Waals surface area contributed by atoms with Crippen molar-refractivity contribution in [2.75, 3.05) is 6.61 Å². The van der Waals surface area contributed by atoms with Crippen molar-refractivity contribution in [1.29, 1.82) is 0 Å². The summed E-state index contributed by atoms with van der Waals surface area (Å²) in [6.45, 7) is -0.951. The van der Waals surface area contributed by atoms with Crippen molar-refractivity contribution in [3.8, 4) is 11.5 Å². The highest BCUT2D eigenvalue weighted by Crippen LogP contribution is 2.41. The van der Waals surface area contributed by atoms with Gasteiger partial charge in [0.25, 0.3) is 6.43 Å². The number of hydrogen-bond acceptors (Lipinski definition) is 3. The molecule has 1 fully saturated rings. The quantitative estimate of drug-likeness (QED) is 0.747. The van der Waals surface area contributed by atoms with Crippen LogP contribution in [0, 0.1) is 5.92 Å². The number of halogens is 5. The highest BCUT2D eigenvalue weighted by molar-refractivity contribution is 5.70. The molecule has 2 rings (SSSR count). The first kappa shape index (κ1) is 19.3. The normalized spacial score (nSPS) is 21.2. The zero-order valence-corrected chi connectivity index (χ0v) is 13.1. The Morgan fingerprint density at radius 2 is 1.84 bits per heavy atom. The van der Waals surface area contributed by atoms with E-state index >= 15 is 0 Å². The maximum Gasteiger partial charge on any atom is 0.573 e. The zero-order chi connectivity index (χ0) is 18.6. The van der Waals surface area contributed by atoms with Crippen LogP contribution in [0.5, 0.6) is 11.5 Å². The summed E-state index contributed by atoms with van der Waals surface area (Å²) in [6.07, 6.45) is -5.88. The first-order valence-corrected chi connectivity index (χ1v) is 7.69. The summed E-state index contributed by atoms with van der Waals surface area (Å²) in [5.74, 6) is -2.17. The topological polar surface area (TPSA) is 55.8 Å². The number of rotatable bonds is 6. The minimum absolute atomic E-state index is 0.0965. The van der Waals surface area contributed by atoms with Crippen molar-refractivity contribution in [3.63, 3.8) is 0 Å². The van der Waals surface area contributed by atoms with Crippen LogP contribution < -0.4 is 9.47 Å². The lowest BCUT2D eigenvalue weighted by molar-refractivity contribution is -0.274. The van der Waals surface area contributed by atoms with Crippen molar-refractivity contribution >= 4 is 5.97 Å². The molecule has 0 spiro atoms. The van der Waals surface area contributed by atoms with E-state index in [-0.39, 0.29) is 11.7 Å². The van der Waals surface area contributed by atoms with Gasteiger partial charge in [0.2, 0.25) is 0 Å². The maximum atomic E-state index is 12.4. The molecule has 1 saturated carbocycles. The molecular formula is C16H17F5O4. The van der Waals surface area contributed by atoms with Crippen LogP contribution in [0.25, 0.3) is 0 Å². The number of carboxylic acids is 1. The van der Waals surface area contributed by atoms with Crippen molar-refractivity contribution in [1.82, 2.24) is 0 Å². The molecule has 0 heterocycles. The SMILES string of the molecule is O=C(O)C1CCC(c2ccc(OC(F)(F)F)cc2OCC(F)F)CC1. The van der Waals surface area contributed by atoms with E-state index in [4.69, 9.17) is 9.84 Å². The van der Waals surface area contributed by atoms with Crippen molar-refractivity contribution in [2.45, 2.75) is 44.4 Å². The Hall–Kier alpha value is -2.06. The Labute approximate surface area is 140 Å². The summed E-state index contributed by atoms with van der Waals surface area (Å²) in [7, 11) is 0. The van der Waals surface area contributed by atoms with Gasteiger partial charge in [-0.25, -0.2) is 8.78 Å². The average Bonchev–Trinajstić information content (AvgIpc) is 2.51. The second-order valence-corrected chi connectivity index (χ2v) is 5.84. The molecule has 1 aromatic rings. The van der Waals surface area contributed by atoms with E-state index in [0.29, 0.717) is 31.2 Å². The first-order valence-electron chi connectivity index (χ1n) is 7.69. The molecule has 1 aliphatic carbocycles. The predicted molar refractivity (Wildman–Crippen MR) is 77.0 cm³/mol. The van der Waals surface area contributed by atoms with Crippen LogP contribution in [0.4, 0.5) is 22.0 Å². The minimum Gasteiger partial charge on any atom is -0.487 e. The number of hydrogen-bond donors (Lipinski definition) is 1. The number of carboxylic acid groups (broad SMARTS) is 1. The fourth-order valence-electron chi connectivity index (χ4n) is 2.98. The van der Waals surface area contributed by atoms with E-state index in [1.807, 2.05) is 0 Å². The van der Waals surface area contributed by atoms with Gasteiger partial charge in [-0.15, -0.1) is 13.2 Å². The largest absolute Gasteiger partial charge is 0.573 e. The Morgan fingerprint density at radius 1 is 1.20 bits per heavy atom. The van der Waals surface area contributed by atoms with Gasteiger partial charge in [0.15, 0.2) is 0 Å². The Bertz CT molecular complexity index is 595. The lowest BCUT2D eigenvalue weighted by Crippen LogP contribution is -2.21. The lowest BCUT2D eigenvalue weighted by Gasteiger charge is -2.28. The minimum atomic E-state index is -4.90. The number of carbonyl (C=O) groups is 1. The Morgan fingerprint density at radius 3 is 2.36 bits per heavy atom. The number of benzene rings is 1. The van der Waals surface area contributed by atoms with Crippen molar-refractivity contribution < 1.29 is 41.3 Å². The fraction of sp³-hybridized carbons (Fsp3) is 0.562. The summed E-state index contributed by atoms with van der Waals surface area (Å²) in [4.78, 5) is 11.0. The summed E-state index contributed by atoms with van der Waals surface area (Å²) >= 11 is 0.